The molecule has 0 radical (unpaired) electrons. The molecular weight excluding hydrogens is 280 g/mol. The van der Waals surface area contributed by atoms with E-state index in [1.165, 1.54) is 18.4 Å². The van der Waals surface area contributed by atoms with E-state index in [-0.39, 0.29) is 6.10 Å². The Kier molecular flexibility index (Phi) is 5.78. The Morgan fingerprint density at radius 1 is 1.23 bits per heavy atom. The molecule has 5 nitrogen and oxygen atoms in total. The minimum atomic E-state index is -0.426. The Morgan fingerprint density at radius 2 is 1.95 bits per heavy atom. The van der Waals surface area contributed by atoms with Gasteiger partial charge < -0.3 is 14.6 Å². The van der Waals surface area contributed by atoms with Gasteiger partial charge in [0.1, 0.15) is 0 Å². The standard InChI is InChI=1S/C17H26N2O3/c20-16(13-22-17-5-9-21-10-6-17)12-19(15-1-2-15)11-14-3-7-18-8-4-14/h3-4,7-8,15-17,20H,1-2,5-6,9-13H2. The predicted molar refractivity (Wildman–Crippen MR) is 83.5 cm³/mol. The molecule has 1 aliphatic heterocycles. The molecule has 122 valence electrons. The van der Waals surface area contributed by atoms with E-state index < -0.39 is 6.10 Å². The molecule has 1 saturated carbocycles. The van der Waals surface area contributed by atoms with Crippen molar-refractivity contribution >= 4 is 0 Å². The van der Waals surface area contributed by atoms with Gasteiger partial charge in [-0.3, -0.25) is 9.88 Å². The first-order chi connectivity index (χ1) is 10.8. The summed E-state index contributed by atoms with van der Waals surface area (Å²) in [4.78, 5) is 6.43. The summed E-state index contributed by atoms with van der Waals surface area (Å²) in [5.74, 6) is 0. The number of nitrogens with zero attached hydrogens (tertiary/aromatic N) is 2. The molecule has 1 atom stereocenters. The number of aromatic nitrogens is 1. The molecule has 1 aliphatic carbocycles. The van der Waals surface area contributed by atoms with Gasteiger partial charge in [0.25, 0.3) is 0 Å². The zero-order chi connectivity index (χ0) is 15.2. The number of aliphatic hydroxyl groups excluding tert-OH is 1. The summed E-state index contributed by atoms with van der Waals surface area (Å²) in [7, 11) is 0. The van der Waals surface area contributed by atoms with Crippen LogP contribution >= 0.6 is 0 Å². The van der Waals surface area contributed by atoms with Gasteiger partial charge in [0.15, 0.2) is 0 Å². The summed E-state index contributed by atoms with van der Waals surface area (Å²) in [6.45, 7) is 3.52. The number of pyridine rings is 1. The molecule has 22 heavy (non-hydrogen) atoms. The molecule has 1 N–H and O–H groups in total. The molecule has 5 heteroatoms. The maximum Gasteiger partial charge on any atom is 0.0900 e. The van der Waals surface area contributed by atoms with Crippen molar-refractivity contribution in [1.29, 1.82) is 0 Å². The van der Waals surface area contributed by atoms with E-state index in [1.807, 2.05) is 24.5 Å². The summed E-state index contributed by atoms with van der Waals surface area (Å²) in [5.41, 5.74) is 1.25. The van der Waals surface area contributed by atoms with Crippen LogP contribution in [-0.2, 0) is 16.0 Å². The quantitative estimate of drug-likeness (QED) is 0.790. The Hall–Kier alpha value is -1.01. The van der Waals surface area contributed by atoms with Crippen molar-refractivity contribution in [1.82, 2.24) is 9.88 Å². The van der Waals surface area contributed by atoms with Crippen LogP contribution in [0.1, 0.15) is 31.2 Å². The zero-order valence-electron chi connectivity index (χ0n) is 13.1. The first-order valence-electron chi connectivity index (χ1n) is 8.31. The first kappa shape index (κ1) is 15.9. The van der Waals surface area contributed by atoms with Crippen LogP contribution in [0.4, 0.5) is 0 Å². The van der Waals surface area contributed by atoms with Gasteiger partial charge in [-0.1, -0.05) is 0 Å². The van der Waals surface area contributed by atoms with Crippen LogP contribution in [0.2, 0.25) is 0 Å². The first-order valence-corrected chi connectivity index (χ1v) is 8.31. The Labute approximate surface area is 132 Å². The third-order valence-corrected chi connectivity index (χ3v) is 4.34. The number of rotatable bonds is 8. The van der Waals surface area contributed by atoms with Crippen LogP contribution in [0.5, 0.6) is 0 Å². The lowest BCUT2D eigenvalue weighted by atomic mass is 10.1. The van der Waals surface area contributed by atoms with E-state index in [0.717, 1.165) is 32.6 Å². The fourth-order valence-corrected chi connectivity index (χ4v) is 2.92. The smallest absolute Gasteiger partial charge is 0.0900 e. The van der Waals surface area contributed by atoms with Crippen molar-refractivity contribution < 1.29 is 14.6 Å². The molecular formula is C17H26N2O3. The molecule has 0 amide bonds. The summed E-state index contributed by atoms with van der Waals surface area (Å²) in [6.07, 6.45) is 7.82. The van der Waals surface area contributed by atoms with Gasteiger partial charge in [0, 0.05) is 44.7 Å². The third kappa shape index (κ3) is 5.02. The molecule has 3 rings (SSSR count). The molecule has 1 aromatic rings. The van der Waals surface area contributed by atoms with E-state index in [4.69, 9.17) is 9.47 Å². The van der Waals surface area contributed by atoms with Crippen molar-refractivity contribution in [2.24, 2.45) is 0 Å². The minimum Gasteiger partial charge on any atom is -0.389 e. The van der Waals surface area contributed by atoms with Crippen LogP contribution in [0, 0.1) is 0 Å². The van der Waals surface area contributed by atoms with Crippen molar-refractivity contribution in [3.8, 4) is 0 Å². The molecule has 1 aromatic heterocycles. The fourth-order valence-electron chi connectivity index (χ4n) is 2.92. The maximum absolute atomic E-state index is 10.3. The van der Waals surface area contributed by atoms with E-state index in [0.29, 0.717) is 19.2 Å². The number of ether oxygens (including phenoxy) is 2. The topological polar surface area (TPSA) is 54.8 Å². The minimum absolute atomic E-state index is 0.248. The highest BCUT2D eigenvalue weighted by Crippen LogP contribution is 2.28. The second kappa shape index (κ2) is 8.02. The van der Waals surface area contributed by atoms with Crippen LogP contribution in [-0.4, -0.2) is 59.6 Å². The number of aliphatic hydroxyl groups is 1. The number of hydrogen-bond donors (Lipinski definition) is 1. The molecule has 0 aromatic carbocycles. The lowest BCUT2D eigenvalue weighted by Gasteiger charge is -2.27. The van der Waals surface area contributed by atoms with E-state index in [2.05, 4.69) is 9.88 Å². The normalized spacial score (nSPS) is 21.2. The molecule has 1 unspecified atom stereocenters. The van der Waals surface area contributed by atoms with Gasteiger partial charge in [-0.25, -0.2) is 0 Å². The molecule has 1 saturated heterocycles. The van der Waals surface area contributed by atoms with Gasteiger partial charge in [0.2, 0.25) is 0 Å². The third-order valence-electron chi connectivity index (χ3n) is 4.34. The van der Waals surface area contributed by atoms with Crippen LogP contribution in [0.3, 0.4) is 0 Å². The largest absolute Gasteiger partial charge is 0.389 e. The van der Waals surface area contributed by atoms with Gasteiger partial charge >= 0.3 is 0 Å². The van der Waals surface area contributed by atoms with Crippen molar-refractivity contribution in [2.75, 3.05) is 26.4 Å². The second-order valence-electron chi connectivity index (χ2n) is 6.31. The van der Waals surface area contributed by atoms with E-state index >= 15 is 0 Å². The van der Waals surface area contributed by atoms with Crippen LogP contribution < -0.4 is 0 Å². The zero-order valence-corrected chi connectivity index (χ0v) is 13.1. The maximum atomic E-state index is 10.3. The van der Waals surface area contributed by atoms with Gasteiger partial charge in [0.05, 0.1) is 18.8 Å². The SMILES string of the molecule is OC(COC1CCOCC1)CN(Cc1ccncc1)C1CC1. The van der Waals surface area contributed by atoms with Crippen LogP contribution in [0.25, 0.3) is 0 Å². The molecule has 2 heterocycles. The summed E-state index contributed by atoms with van der Waals surface area (Å²) < 4.78 is 11.2. The van der Waals surface area contributed by atoms with Crippen molar-refractivity contribution in [3.05, 3.63) is 30.1 Å². The Morgan fingerprint density at radius 3 is 2.64 bits per heavy atom. The second-order valence-corrected chi connectivity index (χ2v) is 6.31. The predicted octanol–water partition coefficient (Wildman–Crippen LogP) is 1.60. The average Bonchev–Trinajstić information content (AvgIpc) is 3.39. The van der Waals surface area contributed by atoms with Gasteiger partial charge in [-0.15, -0.1) is 0 Å². The van der Waals surface area contributed by atoms with Crippen molar-refractivity contribution in [2.45, 2.75) is 50.5 Å². The summed E-state index contributed by atoms with van der Waals surface area (Å²) in [5, 5.41) is 10.3. The Bertz CT molecular complexity index is 433. The average molecular weight is 306 g/mol. The number of hydrogen-bond acceptors (Lipinski definition) is 5. The Balaban J connectivity index is 1.44. The molecule has 0 bridgehead atoms. The van der Waals surface area contributed by atoms with Crippen LogP contribution in [0.15, 0.2) is 24.5 Å². The van der Waals surface area contributed by atoms with E-state index in [9.17, 15) is 5.11 Å². The molecule has 2 aliphatic rings. The highest BCUT2D eigenvalue weighted by atomic mass is 16.5. The van der Waals surface area contributed by atoms with Crippen molar-refractivity contribution in [3.63, 3.8) is 0 Å². The van der Waals surface area contributed by atoms with E-state index in [1.54, 1.807) is 0 Å². The fraction of sp³-hybridized carbons (Fsp3) is 0.706. The van der Waals surface area contributed by atoms with Gasteiger partial charge in [-0.2, -0.15) is 0 Å². The molecule has 0 spiro atoms. The molecule has 2 fully saturated rings. The summed E-state index contributed by atoms with van der Waals surface area (Å²) >= 11 is 0. The summed E-state index contributed by atoms with van der Waals surface area (Å²) in [6, 6.07) is 4.70. The highest BCUT2D eigenvalue weighted by molar-refractivity contribution is 5.10. The lowest BCUT2D eigenvalue weighted by molar-refractivity contribution is -0.0649. The highest BCUT2D eigenvalue weighted by Gasteiger charge is 2.30. The monoisotopic (exact) mass is 306 g/mol. The lowest BCUT2D eigenvalue weighted by Crippen LogP contribution is -2.37. The van der Waals surface area contributed by atoms with Gasteiger partial charge in [-0.05, 0) is 43.4 Å².